The van der Waals surface area contributed by atoms with E-state index < -0.39 is 0 Å². The molecule has 1 atom stereocenters. The van der Waals surface area contributed by atoms with Gasteiger partial charge < -0.3 is 4.74 Å². The van der Waals surface area contributed by atoms with Crippen LogP contribution >= 0.6 is 0 Å². The van der Waals surface area contributed by atoms with E-state index in [4.69, 9.17) is 11.7 Å². The Morgan fingerprint density at radius 2 is 1.83 bits per heavy atom. The molecular weight excluding hydrogens is 76.1 g/mol. The van der Waals surface area contributed by atoms with Crippen molar-refractivity contribution in [2.75, 3.05) is 0 Å². The smallest absolute Gasteiger partial charge is 0.0903 e. The van der Waals surface area contributed by atoms with Crippen LogP contribution in [0.25, 0.3) is 0 Å². The molecule has 2 radical (unpaired) electrons. The average molecular weight is 84.1 g/mol. The molecule has 0 amide bonds. The van der Waals surface area contributed by atoms with Gasteiger partial charge in [0.2, 0.25) is 0 Å². The van der Waals surface area contributed by atoms with Crippen LogP contribution < -0.4 is 0 Å². The number of hydrogen-bond acceptors (Lipinski definition) is 1. The third-order valence-corrected chi connectivity index (χ3v) is 1.06. The number of hydrogen-bond donors (Lipinski definition) is 0. The molecule has 1 unspecified atom stereocenters. The third-order valence-electron chi connectivity index (χ3n) is 1.06. The van der Waals surface area contributed by atoms with Crippen molar-refractivity contribution in [2.45, 2.75) is 25.6 Å². The van der Waals surface area contributed by atoms with Gasteiger partial charge in [0.1, 0.15) is 0 Å². The van der Waals surface area contributed by atoms with Gasteiger partial charge in [-0.15, -0.1) is 0 Å². The SMILES string of the molecule is [CH]C1OC1(C)C. The first kappa shape index (κ1) is 4.13. The number of epoxide rings is 1. The Bertz CT molecular complexity index is 66.3. The van der Waals surface area contributed by atoms with Crippen molar-refractivity contribution in [2.24, 2.45) is 0 Å². The fourth-order valence-corrected chi connectivity index (χ4v) is 0.293. The molecule has 1 rings (SSSR count). The minimum atomic E-state index is -0.0139. The van der Waals surface area contributed by atoms with Crippen LogP contribution in [0.3, 0.4) is 0 Å². The van der Waals surface area contributed by atoms with Gasteiger partial charge in [-0.05, 0) is 20.8 Å². The predicted molar refractivity (Wildman–Crippen MR) is 23.3 cm³/mol. The first-order valence-electron chi connectivity index (χ1n) is 2.06. The molecule has 1 aliphatic rings. The summed E-state index contributed by atoms with van der Waals surface area (Å²) in [6, 6.07) is 0. The highest BCUT2D eigenvalue weighted by Crippen LogP contribution is 2.33. The highest BCUT2D eigenvalue weighted by molar-refractivity contribution is 4.96. The lowest BCUT2D eigenvalue weighted by molar-refractivity contribution is 0.333. The van der Waals surface area contributed by atoms with Crippen molar-refractivity contribution < 1.29 is 4.74 Å². The Labute approximate surface area is 38.3 Å². The van der Waals surface area contributed by atoms with Crippen molar-refractivity contribution in [1.29, 1.82) is 0 Å². The molecule has 0 bridgehead atoms. The lowest BCUT2D eigenvalue weighted by Crippen LogP contribution is -1.97. The Balaban J connectivity index is 2.41. The van der Waals surface area contributed by atoms with Gasteiger partial charge >= 0.3 is 0 Å². The zero-order valence-corrected chi connectivity index (χ0v) is 4.06. The largest absolute Gasteiger partial charge is 0.366 e. The summed E-state index contributed by atoms with van der Waals surface area (Å²) in [5.74, 6) is 0. The van der Waals surface area contributed by atoms with Crippen molar-refractivity contribution >= 4 is 0 Å². The Hall–Kier alpha value is -0.0400. The fourth-order valence-electron chi connectivity index (χ4n) is 0.293. The molecule has 0 aromatic heterocycles. The second-order valence-corrected chi connectivity index (χ2v) is 2.14. The summed E-state index contributed by atoms with van der Waals surface area (Å²) in [5.41, 5.74) is -0.0139. The molecule has 0 saturated carbocycles. The van der Waals surface area contributed by atoms with Crippen molar-refractivity contribution in [3.05, 3.63) is 6.92 Å². The van der Waals surface area contributed by atoms with Gasteiger partial charge in [-0.3, -0.25) is 0 Å². The van der Waals surface area contributed by atoms with E-state index in [0.29, 0.717) is 0 Å². The second kappa shape index (κ2) is 0.784. The average Bonchev–Trinajstić information content (AvgIpc) is 1.73. The summed E-state index contributed by atoms with van der Waals surface area (Å²) in [7, 11) is 0. The quantitative estimate of drug-likeness (QED) is 0.397. The molecule has 0 N–H and O–H groups in total. The summed E-state index contributed by atoms with van der Waals surface area (Å²) in [6.45, 7) is 9.22. The Kier molecular flexibility index (Phi) is 0.539. The lowest BCUT2D eigenvalue weighted by Gasteiger charge is -1.84. The first-order chi connectivity index (χ1) is 2.63. The van der Waals surface area contributed by atoms with E-state index in [1.807, 2.05) is 13.8 Å². The van der Waals surface area contributed by atoms with Crippen LogP contribution in [0.1, 0.15) is 13.8 Å². The molecule has 34 valence electrons. The second-order valence-electron chi connectivity index (χ2n) is 2.14. The summed E-state index contributed by atoms with van der Waals surface area (Å²) in [4.78, 5) is 0. The van der Waals surface area contributed by atoms with Crippen molar-refractivity contribution in [3.8, 4) is 0 Å². The van der Waals surface area contributed by atoms with Gasteiger partial charge in [-0.25, -0.2) is 0 Å². The van der Waals surface area contributed by atoms with E-state index in [1.54, 1.807) is 0 Å². The molecule has 0 aromatic carbocycles. The van der Waals surface area contributed by atoms with E-state index in [2.05, 4.69) is 0 Å². The highest BCUT2D eigenvalue weighted by atomic mass is 16.6. The maximum Gasteiger partial charge on any atom is 0.0903 e. The predicted octanol–water partition coefficient (Wildman–Crippen LogP) is 0.875. The highest BCUT2D eigenvalue weighted by Gasteiger charge is 2.43. The van der Waals surface area contributed by atoms with E-state index in [1.165, 1.54) is 0 Å². The van der Waals surface area contributed by atoms with E-state index in [0.717, 1.165) is 0 Å². The molecule has 1 aliphatic heterocycles. The molecular formula is C5H8O. The standard InChI is InChI=1S/C5H8O/c1-4-5(2,3)6-4/h1,4H,2-3H3. The number of ether oxygens (including phenoxy) is 1. The third kappa shape index (κ3) is 0.432. The molecule has 0 aliphatic carbocycles. The van der Waals surface area contributed by atoms with E-state index in [9.17, 15) is 0 Å². The number of rotatable bonds is 0. The van der Waals surface area contributed by atoms with Crippen LogP contribution in [-0.4, -0.2) is 11.7 Å². The van der Waals surface area contributed by atoms with Gasteiger partial charge in [0.25, 0.3) is 0 Å². The van der Waals surface area contributed by atoms with Gasteiger partial charge in [-0.1, -0.05) is 0 Å². The van der Waals surface area contributed by atoms with Crippen LogP contribution in [0, 0.1) is 6.92 Å². The van der Waals surface area contributed by atoms with Gasteiger partial charge in [0.15, 0.2) is 0 Å². The zero-order chi connectivity index (χ0) is 4.78. The molecule has 1 heteroatoms. The molecule has 0 spiro atoms. The van der Waals surface area contributed by atoms with Crippen LogP contribution in [-0.2, 0) is 4.74 Å². The van der Waals surface area contributed by atoms with Crippen LogP contribution in [0.2, 0.25) is 0 Å². The minimum absolute atomic E-state index is 0.00231. The van der Waals surface area contributed by atoms with E-state index >= 15 is 0 Å². The summed E-state index contributed by atoms with van der Waals surface area (Å²) in [5, 5.41) is 0. The summed E-state index contributed by atoms with van der Waals surface area (Å²) < 4.78 is 4.88. The van der Waals surface area contributed by atoms with Crippen LogP contribution in [0.5, 0.6) is 0 Å². The van der Waals surface area contributed by atoms with E-state index in [-0.39, 0.29) is 11.7 Å². The zero-order valence-electron chi connectivity index (χ0n) is 4.06. The molecule has 1 saturated heterocycles. The summed E-state index contributed by atoms with van der Waals surface area (Å²) in [6.07, 6.45) is -0.00231. The van der Waals surface area contributed by atoms with Crippen LogP contribution in [0.4, 0.5) is 0 Å². The Morgan fingerprint density at radius 3 is 1.83 bits per heavy atom. The van der Waals surface area contributed by atoms with Gasteiger partial charge in [-0.2, -0.15) is 0 Å². The fraction of sp³-hybridized carbons (Fsp3) is 0.800. The molecule has 1 fully saturated rings. The minimum Gasteiger partial charge on any atom is -0.366 e. The Morgan fingerprint density at radius 1 is 1.67 bits per heavy atom. The molecule has 1 heterocycles. The van der Waals surface area contributed by atoms with Gasteiger partial charge in [0, 0.05) is 0 Å². The topological polar surface area (TPSA) is 12.5 Å². The molecule has 0 aromatic rings. The first-order valence-corrected chi connectivity index (χ1v) is 2.06. The van der Waals surface area contributed by atoms with Crippen LogP contribution in [0.15, 0.2) is 0 Å². The monoisotopic (exact) mass is 84.1 g/mol. The van der Waals surface area contributed by atoms with Gasteiger partial charge in [0.05, 0.1) is 11.7 Å². The maximum absolute atomic E-state index is 5.28. The van der Waals surface area contributed by atoms with Crippen molar-refractivity contribution in [3.63, 3.8) is 0 Å². The molecule has 6 heavy (non-hydrogen) atoms. The molecule has 1 nitrogen and oxygen atoms in total. The maximum atomic E-state index is 5.28. The normalized spacial score (nSPS) is 39.5. The summed E-state index contributed by atoms with van der Waals surface area (Å²) >= 11 is 0. The lowest BCUT2D eigenvalue weighted by atomic mass is 10.2. The van der Waals surface area contributed by atoms with Crippen molar-refractivity contribution in [1.82, 2.24) is 0 Å².